The maximum atomic E-state index is 3.87. The van der Waals surface area contributed by atoms with E-state index < -0.39 is 0 Å². The van der Waals surface area contributed by atoms with Crippen LogP contribution in [0.15, 0.2) is 0 Å². The van der Waals surface area contributed by atoms with Gasteiger partial charge in [0.1, 0.15) is 0 Å². The maximum absolute atomic E-state index is 3.87. The number of nitrogens with one attached hydrogen (secondary N) is 1. The summed E-state index contributed by atoms with van der Waals surface area (Å²) in [4.78, 5) is 2.80. The molecule has 3 aliphatic rings. The van der Waals surface area contributed by atoms with Crippen molar-refractivity contribution in [1.29, 1.82) is 0 Å². The third-order valence-corrected chi connectivity index (χ3v) is 5.82. The van der Waals surface area contributed by atoms with Crippen LogP contribution in [0.1, 0.15) is 64.7 Å². The second-order valence-corrected chi connectivity index (χ2v) is 7.78. The molecule has 0 amide bonds. The molecular weight excluding hydrogens is 244 g/mol. The Balaban J connectivity index is 1.46. The van der Waals surface area contributed by atoms with Crippen molar-refractivity contribution < 1.29 is 0 Å². The predicted octanol–water partition coefficient (Wildman–Crippen LogP) is 3.67. The molecule has 0 spiro atoms. The molecule has 116 valence electrons. The zero-order valence-electron chi connectivity index (χ0n) is 13.4. The van der Waals surface area contributed by atoms with Crippen LogP contribution < -0.4 is 5.32 Å². The molecule has 0 radical (unpaired) electrons. The molecule has 1 N–H and O–H groups in total. The van der Waals surface area contributed by atoms with Crippen LogP contribution in [-0.2, 0) is 0 Å². The molecule has 2 heteroatoms. The Hall–Kier alpha value is -0.0800. The highest BCUT2D eigenvalue weighted by atomic mass is 15.2. The van der Waals surface area contributed by atoms with Gasteiger partial charge in [0.2, 0.25) is 0 Å². The third-order valence-electron chi connectivity index (χ3n) is 5.82. The van der Waals surface area contributed by atoms with Gasteiger partial charge in [-0.3, -0.25) is 0 Å². The Morgan fingerprint density at radius 1 is 0.900 bits per heavy atom. The summed E-state index contributed by atoms with van der Waals surface area (Å²) in [6, 6.07) is 0.776. The van der Waals surface area contributed by atoms with E-state index in [2.05, 4.69) is 17.1 Å². The minimum atomic E-state index is 0.776. The zero-order valence-corrected chi connectivity index (χ0v) is 13.4. The first-order valence-corrected chi connectivity index (χ1v) is 9.29. The fourth-order valence-electron chi connectivity index (χ4n) is 4.29. The lowest BCUT2D eigenvalue weighted by molar-refractivity contribution is 0.110. The molecule has 2 nitrogen and oxygen atoms in total. The average Bonchev–Trinajstić information content (AvgIpc) is 3.30. The largest absolute Gasteiger partial charge is 0.312 e. The second-order valence-electron chi connectivity index (χ2n) is 7.78. The molecule has 0 aromatic heterocycles. The molecule has 2 unspecified atom stereocenters. The summed E-state index contributed by atoms with van der Waals surface area (Å²) >= 11 is 0. The molecule has 1 saturated heterocycles. The topological polar surface area (TPSA) is 15.3 Å². The summed E-state index contributed by atoms with van der Waals surface area (Å²) in [5, 5.41) is 3.87. The second kappa shape index (κ2) is 7.26. The van der Waals surface area contributed by atoms with Gasteiger partial charge in [-0.25, -0.2) is 0 Å². The number of hydrogen-bond donors (Lipinski definition) is 1. The van der Waals surface area contributed by atoms with Crippen LogP contribution in [-0.4, -0.2) is 37.1 Å². The number of rotatable bonds is 6. The average molecular weight is 278 g/mol. The molecule has 1 aliphatic heterocycles. The first-order chi connectivity index (χ1) is 9.83. The summed E-state index contributed by atoms with van der Waals surface area (Å²) < 4.78 is 0. The highest BCUT2D eigenvalue weighted by molar-refractivity contribution is 4.86. The van der Waals surface area contributed by atoms with Crippen molar-refractivity contribution in [3.8, 4) is 0 Å². The molecule has 20 heavy (non-hydrogen) atoms. The monoisotopic (exact) mass is 278 g/mol. The van der Waals surface area contributed by atoms with Crippen molar-refractivity contribution in [2.45, 2.75) is 70.8 Å². The minimum absolute atomic E-state index is 0.776. The number of nitrogens with zero attached hydrogens (tertiary/aromatic N) is 1. The summed E-state index contributed by atoms with van der Waals surface area (Å²) in [6.45, 7) is 7.75. The van der Waals surface area contributed by atoms with Crippen molar-refractivity contribution >= 4 is 0 Å². The normalized spacial score (nSPS) is 33.5. The molecule has 2 atom stereocenters. The van der Waals surface area contributed by atoms with Crippen molar-refractivity contribution in [2.24, 2.45) is 17.8 Å². The van der Waals surface area contributed by atoms with Gasteiger partial charge in [-0.2, -0.15) is 0 Å². The van der Waals surface area contributed by atoms with Crippen LogP contribution in [0.5, 0.6) is 0 Å². The van der Waals surface area contributed by atoms with Crippen molar-refractivity contribution in [2.75, 3.05) is 26.2 Å². The molecule has 0 aromatic carbocycles. The first-order valence-electron chi connectivity index (χ1n) is 9.29. The van der Waals surface area contributed by atoms with Crippen LogP contribution >= 0.6 is 0 Å². The third kappa shape index (κ3) is 4.46. The van der Waals surface area contributed by atoms with E-state index in [1.165, 1.54) is 84.0 Å². The van der Waals surface area contributed by atoms with Gasteiger partial charge in [-0.05, 0) is 56.4 Å². The van der Waals surface area contributed by atoms with Gasteiger partial charge >= 0.3 is 0 Å². The maximum Gasteiger partial charge on any atom is 0.0198 e. The van der Waals surface area contributed by atoms with E-state index in [1.807, 2.05) is 0 Å². The van der Waals surface area contributed by atoms with Crippen LogP contribution in [0.4, 0.5) is 0 Å². The molecule has 3 fully saturated rings. The molecule has 0 bridgehead atoms. The van der Waals surface area contributed by atoms with Gasteiger partial charge in [-0.1, -0.05) is 32.6 Å². The Morgan fingerprint density at radius 2 is 1.70 bits per heavy atom. The van der Waals surface area contributed by atoms with Gasteiger partial charge in [0.25, 0.3) is 0 Å². The molecule has 2 aliphatic carbocycles. The van der Waals surface area contributed by atoms with Gasteiger partial charge in [0.05, 0.1) is 0 Å². The van der Waals surface area contributed by atoms with Crippen molar-refractivity contribution in [3.05, 3.63) is 0 Å². The summed E-state index contributed by atoms with van der Waals surface area (Å²) in [5.41, 5.74) is 0. The quantitative estimate of drug-likeness (QED) is 0.797. The lowest BCUT2D eigenvalue weighted by atomic mass is 9.86. The molecule has 0 aromatic rings. The SMILES string of the molecule is CCC1CC(NCC2CC2)CN(CC2CCCCC2)C1. The Morgan fingerprint density at radius 3 is 2.40 bits per heavy atom. The fraction of sp³-hybridized carbons (Fsp3) is 1.00. The van der Waals surface area contributed by atoms with E-state index in [0.717, 1.165) is 23.8 Å². The Labute approximate surface area is 125 Å². The van der Waals surface area contributed by atoms with Crippen molar-refractivity contribution in [1.82, 2.24) is 10.2 Å². The van der Waals surface area contributed by atoms with Gasteiger partial charge < -0.3 is 10.2 Å². The van der Waals surface area contributed by atoms with E-state index in [0.29, 0.717) is 0 Å². The van der Waals surface area contributed by atoms with E-state index >= 15 is 0 Å². The van der Waals surface area contributed by atoms with Gasteiger partial charge in [0.15, 0.2) is 0 Å². The first kappa shape index (κ1) is 14.8. The Bertz CT molecular complexity index is 281. The molecular formula is C18H34N2. The highest BCUT2D eigenvalue weighted by Gasteiger charge is 2.29. The summed E-state index contributed by atoms with van der Waals surface area (Å²) in [6.07, 6.45) is 13.2. The van der Waals surface area contributed by atoms with E-state index in [4.69, 9.17) is 0 Å². The van der Waals surface area contributed by atoms with Crippen LogP contribution in [0.3, 0.4) is 0 Å². The van der Waals surface area contributed by atoms with Crippen LogP contribution in [0, 0.1) is 17.8 Å². The number of piperidine rings is 1. The molecule has 1 heterocycles. The summed E-state index contributed by atoms with van der Waals surface area (Å²) in [5.74, 6) is 2.95. The minimum Gasteiger partial charge on any atom is -0.312 e. The van der Waals surface area contributed by atoms with Gasteiger partial charge in [0, 0.05) is 25.7 Å². The van der Waals surface area contributed by atoms with E-state index in [9.17, 15) is 0 Å². The van der Waals surface area contributed by atoms with E-state index in [1.54, 1.807) is 0 Å². The zero-order chi connectivity index (χ0) is 13.8. The van der Waals surface area contributed by atoms with Crippen LogP contribution in [0.2, 0.25) is 0 Å². The molecule has 3 rings (SSSR count). The van der Waals surface area contributed by atoms with E-state index in [-0.39, 0.29) is 0 Å². The number of hydrogen-bond acceptors (Lipinski definition) is 2. The fourth-order valence-corrected chi connectivity index (χ4v) is 4.29. The summed E-state index contributed by atoms with van der Waals surface area (Å²) in [7, 11) is 0. The lowest BCUT2D eigenvalue weighted by Gasteiger charge is -2.40. The highest BCUT2D eigenvalue weighted by Crippen LogP contribution is 2.29. The number of likely N-dealkylation sites (tertiary alicyclic amines) is 1. The lowest BCUT2D eigenvalue weighted by Crippen LogP contribution is -2.50. The van der Waals surface area contributed by atoms with Crippen LogP contribution in [0.25, 0.3) is 0 Å². The smallest absolute Gasteiger partial charge is 0.0198 e. The Kier molecular flexibility index (Phi) is 5.39. The molecule has 2 saturated carbocycles. The predicted molar refractivity (Wildman–Crippen MR) is 85.9 cm³/mol. The van der Waals surface area contributed by atoms with Gasteiger partial charge in [-0.15, -0.1) is 0 Å². The standard InChI is InChI=1S/C18H34N2/c1-2-15-10-18(19-11-16-8-9-16)14-20(12-15)13-17-6-4-3-5-7-17/h15-19H,2-14H2,1H3. The van der Waals surface area contributed by atoms with Crippen molar-refractivity contribution in [3.63, 3.8) is 0 Å².